The molecule has 12 aromatic carbocycles. The van der Waals surface area contributed by atoms with Gasteiger partial charge in [-0.3, -0.25) is 0 Å². The van der Waals surface area contributed by atoms with E-state index in [1.807, 2.05) is 0 Å². The van der Waals surface area contributed by atoms with Gasteiger partial charge in [0.25, 0.3) is 0 Å². The third-order valence-corrected chi connectivity index (χ3v) is 13.7. The fourth-order valence-corrected chi connectivity index (χ4v) is 10.7. The van der Waals surface area contributed by atoms with E-state index in [1.165, 1.54) is 120 Å². The predicted molar refractivity (Wildman–Crippen MR) is 265 cm³/mol. The molecule has 0 aliphatic heterocycles. The van der Waals surface area contributed by atoms with Crippen molar-refractivity contribution in [2.45, 2.75) is 0 Å². The molecular weight excluding hydrogens is 749 g/mol. The summed E-state index contributed by atoms with van der Waals surface area (Å²) in [6.07, 6.45) is 0. The molecule has 0 nitrogen and oxygen atoms in total. The molecule has 0 atom stereocenters. The molecule has 0 bridgehead atoms. The highest BCUT2D eigenvalue weighted by Gasteiger charge is 2.21. The van der Waals surface area contributed by atoms with E-state index in [0.29, 0.717) is 9.52 Å². The van der Waals surface area contributed by atoms with E-state index in [9.17, 15) is 0 Å². The lowest BCUT2D eigenvalue weighted by molar-refractivity contribution is 1.60. The zero-order valence-corrected chi connectivity index (χ0v) is 34.4. The first-order chi connectivity index (χ1) is 30.2. The third kappa shape index (κ3) is 6.21. The minimum absolute atomic E-state index is 0.542. The highest BCUT2D eigenvalue weighted by Crippen LogP contribution is 2.47. The van der Waals surface area contributed by atoms with Crippen molar-refractivity contribution >= 4 is 84.5 Å². The Kier molecular flexibility index (Phi) is 8.47. The summed E-state index contributed by atoms with van der Waals surface area (Å²) < 4.78 is 0. The van der Waals surface area contributed by atoms with Crippen molar-refractivity contribution in [1.29, 1.82) is 0 Å². The average Bonchev–Trinajstić information content (AvgIpc) is 3.33. The van der Waals surface area contributed by atoms with Crippen LogP contribution in [0, 0.1) is 0 Å². The van der Waals surface area contributed by atoms with Gasteiger partial charge in [0.05, 0.1) is 0 Å². The second-order valence-corrected chi connectivity index (χ2v) is 17.6. The quantitative estimate of drug-likeness (QED) is 0.0895. The Morgan fingerprint density at radius 1 is 0.213 bits per heavy atom. The van der Waals surface area contributed by atoms with Crippen molar-refractivity contribution in [2.75, 3.05) is 0 Å². The van der Waals surface area contributed by atoms with E-state index in [4.69, 9.17) is 0 Å². The van der Waals surface area contributed by atoms with Crippen molar-refractivity contribution in [3.8, 4) is 44.5 Å². The van der Waals surface area contributed by atoms with Crippen LogP contribution in [-0.4, -0.2) is 9.52 Å². The minimum atomic E-state index is 0.542. The van der Waals surface area contributed by atoms with Crippen LogP contribution in [0.15, 0.2) is 231 Å². The van der Waals surface area contributed by atoms with Gasteiger partial charge in [0.15, 0.2) is 0 Å². The third-order valence-electron chi connectivity index (χ3n) is 12.5. The Hall–Kier alpha value is -7.58. The normalized spacial score (nSPS) is 11.7. The first-order valence-corrected chi connectivity index (χ1v) is 22.1. The Morgan fingerprint density at radius 2 is 0.705 bits per heavy atom. The van der Waals surface area contributed by atoms with Crippen LogP contribution in [-0.2, 0) is 0 Å². The summed E-state index contributed by atoms with van der Waals surface area (Å²) in [7, 11) is 0.542. The van der Waals surface area contributed by atoms with Crippen molar-refractivity contribution in [3.63, 3.8) is 0 Å². The van der Waals surface area contributed by atoms with Gasteiger partial charge in [-0.25, -0.2) is 0 Å². The maximum atomic E-state index is 2.49. The van der Waals surface area contributed by atoms with Crippen LogP contribution in [0.5, 0.6) is 0 Å². The maximum absolute atomic E-state index is 2.49. The zero-order valence-electron chi connectivity index (χ0n) is 33.4. The number of hydrogen-bond acceptors (Lipinski definition) is 0. The summed E-state index contributed by atoms with van der Waals surface area (Å²) in [5.74, 6) is 0. The molecule has 282 valence electrons. The topological polar surface area (TPSA) is 0 Å². The summed E-state index contributed by atoms with van der Waals surface area (Å²) in [6, 6.07) is 85.9. The lowest BCUT2D eigenvalue weighted by Gasteiger charge is -2.21. The molecule has 0 saturated carbocycles. The summed E-state index contributed by atoms with van der Waals surface area (Å²) in [4.78, 5) is 0. The van der Waals surface area contributed by atoms with E-state index < -0.39 is 0 Å². The van der Waals surface area contributed by atoms with Crippen molar-refractivity contribution < 1.29 is 0 Å². The van der Waals surface area contributed by atoms with E-state index in [1.54, 1.807) is 0 Å². The van der Waals surface area contributed by atoms with Crippen LogP contribution in [0.1, 0.15) is 0 Å². The molecule has 12 aromatic rings. The Labute approximate surface area is 357 Å². The number of hydrogen-bond donors (Lipinski definition) is 0. The highest BCUT2D eigenvalue weighted by molar-refractivity contribution is 6.67. The van der Waals surface area contributed by atoms with Crippen LogP contribution in [0.3, 0.4) is 0 Å². The molecule has 0 amide bonds. The fourth-order valence-electron chi connectivity index (χ4n) is 9.65. The van der Waals surface area contributed by atoms with Gasteiger partial charge in [0, 0.05) is 0 Å². The molecular formula is C60H38Si. The van der Waals surface area contributed by atoms with Crippen molar-refractivity contribution in [1.82, 2.24) is 0 Å². The van der Waals surface area contributed by atoms with Gasteiger partial charge in [-0.1, -0.05) is 204 Å². The summed E-state index contributed by atoms with van der Waals surface area (Å²) in [6.45, 7) is 0. The monoisotopic (exact) mass is 786 g/mol. The summed E-state index contributed by atoms with van der Waals surface area (Å²) in [5, 5.41) is 17.8. The Balaban J connectivity index is 1.18. The number of rotatable bonds is 6. The average molecular weight is 787 g/mol. The largest absolute Gasteiger partial charge is 0.121 e. The van der Waals surface area contributed by atoms with E-state index in [-0.39, 0.29) is 0 Å². The molecule has 0 aliphatic rings. The van der Waals surface area contributed by atoms with Gasteiger partial charge in [-0.05, 0) is 146 Å². The molecule has 2 radical (unpaired) electrons. The molecule has 61 heavy (non-hydrogen) atoms. The number of fused-ring (bicyclic) bond motifs is 7. The predicted octanol–water partition coefficient (Wildman–Crippen LogP) is 14.9. The van der Waals surface area contributed by atoms with E-state index in [2.05, 4.69) is 231 Å². The van der Waals surface area contributed by atoms with Gasteiger partial charge in [-0.2, -0.15) is 0 Å². The molecule has 0 aliphatic carbocycles. The van der Waals surface area contributed by atoms with E-state index in [0.717, 1.165) is 0 Å². The smallest absolute Gasteiger partial charge is 0.0631 e. The van der Waals surface area contributed by atoms with Crippen molar-refractivity contribution in [2.24, 2.45) is 0 Å². The van der Waals surface area contributed by atoms with Crippen LogP contribution in [0.25, 0.3) is 109 Å². The first kappa shape index (κ1) is 35.4. The Morgan fingerprint density at radius 3 is 1.36 bits per heavy atom. The van der Waals surface area contributed by atoms with Crippen LogP contribution >= 0.6 is 0 Å². The molecule has 0 aromatic heterocycles. The first-order valence-electron chi connectivity index (χ1n) is 21.1. The van der Waals surface area contributed by atoms with Crippen molar-refractivity contribution in [3.05, 3.63) is 231 Å². The molecule has 0 spiro atoms. The SMILES string of the molecule is c1ccc([Si]c2ccc3c(-c4cc(-c5ccc6ccccc6c5)cc(-c5ccc6ccccc6c5)c4)c4ccccc4c(-c4cc5ccccc5c5ccccc45)c3c2)cc1. The summed E-state index contributed by atoms with van der Waals surface area (Å²) >= 11 is 0. The number of benzene rings is 12. The minimum Gasteiger partial charge on any atom is -0.0631 e. The Bertz CT molecular complexity index is 3580. The van der Waals surface area contributed by atoms with Gasteiger partial charge >= 0.3 is 0 Å². The standard InChI is InChI=1S/C60H38Si/c1-2-19-49(20-3-1)61-50-30-31-56-58(38-50)60(57-37-45-18-8-9-21-51(45)52-22-10-11-23-53(52)57)55-25-13-12-24-54(55)59(56)48-35-46(43-28-26-39-14-4-6-16-41(39)32-43)34-47(36-48)44-29-27-40-15-5-7-17-42(40)33-44/h1-38H. The lowest BCUT2D eigenvalue weighted by atomic mass is 9.82. The van der Waals surface area contributed by atoms with Crippen LogP contribution < -0.4 is 10.4 Å². The molecule has 0 N–H and O–H groups in total. The second kappa shape index (κ2) is 14.6. The molecule has 0 unspecified atom stereocenters. The molecule has 0 fully saturated rings. The van der Waals surface area contributed by atoms with E-state index >= 15 is 0 Å². The van der Waals surface area contributed by atoms with Gasteiger partial charge in [-0.15, -0.1) is 0 Å². The second-order valence-electron chi connectivity index (χ2n) is 16.2. The maximum Gasteiger partial charge on any atom is 0.121 e. The molecule has 0 saturated heterocycles. The van der Waals surface area contributed by atoms with Crippen LogP contribution in [0.4, 0.5) is 0 Å². The molecule has 0 heterocycles. The summed E-state index contributed by atoms with van der Waals surface area (Å²) in [5.41, 5.74) is 9.86. The van der Waals surface area contributed by atoms with Gasteiger partial charge in [0.2, 0.25) is 0 Å². The van der Waals surface area contributed by atoms with Gasteiger partial charge in [0.1, 0.15) is 9.52 Å². The molecule has 1 heteroatoms. The lowest BCUT2D eigenvalue weighted by Crippen LogP contribution is -2.26. The van der Waals surface area contributed by atoms with Crippen LogP contribution in [0.2, 0.25) is 0 Å². The fraction of sp³-hybridized carbons (Fsp3) is 0. The zero-order chi connectivity index (χ0) is 40.3. The van der Waals surface area contributed by atoms with Gasteiger partial charge < -0.3 is 0 Å². The highest BCUT2D eigenvalue weighted by atomic mass is 28.2. The molecule has 12 rings (SSSR count).